The highest BCUT2D eigenvalue weighted by Crippen LogP contribution is 2.19. The van der Waals surface area contributed by atoms with Crippen LogP contribution in [-0.4, -0.2) is 55.2 Å². The molecule has 0 bridgehead atoms. The summed E-state index contributed by atoms with van der Waals surface area (Å²) in [4.78, 5) is 4.81. The second kappa shape index (κ2) is 7.18. The summed E-state index contributed by atoms with van der Waals surface area (Å²) in [6.07, 6.45) is 2.83. The Balaban J connectivity index is 1.48. The molecule has 3 rings (SSSR count). The van der Waals surface area contributed by atoms with Gasteiger partial charge in [-0.1, -0.05) is 15.9 Å². The molecule has 1 unspecified atom stereocenters. The van der Waals surface area contributed by atoms with Gasteiger partial charge in [0, 0.05) is 55.9 Å². The third-order valence-electron chi connectivity index (χ3n) is 4.35. The molecule has 2 saturated heterocycles. The molecule has 0 radical (unpaired) electrons. The van der Waals surface area contributed by atoms with Crippen molar-refractivity contribution in [3.8, 4) is 0 Å². The van der Waals surface area contributed by atoms with Gasteiger partial charge in [0.2, 0.25) is 0 Å². The molecule has 3 nitrogen and oxygen atoms in total. The predicted octanol–water partition coefficient (Wildman–Crippen LogP) is 2.88. The van der Waals surface area contributed by atoms with Crippen LogP contribution in [0.3, 0.4) is 0 Å². The SMILES string of the molecule is Fc1ccc(Br)cc1CN1CCN(CC2CCCO2)CC1. The van der Waals surface area contributed by atoms with Crippen LogP contribution in [0.4, 0.5) is 4.39 Å². The van der Waals surface area contributed by atoms with Crippen LogP contribution in [0.15, 0.2) is 22.7 Å². The van der Waals surface area contributed by atoms with Gasteiger partial charge >= 0.3 is 0 Å². The summed E-state index contributed by atoms with van der Waals surface area (Å²) in [5, 5.41) is 0. The van der Waals surface area contributed by atoms with Gasteiger partial charge in [-0.15, -0.1) is 0 Å². The zero-order chi connectivity index (χ0) is 14.7. The molecule has 0 spiro atoms. The number of nitrogens with zero attached hydrogens (tertiary/aromatic N) is 2. The molecular weight excluding hydrogens is 335 g/mol. The highest BCUT2D eigenvalue weighted by Gasteiger charge is 2.23. The van der Waals surface area contributed by atoms with E-state index in [2.05, 4.69) is 25.7 Å². The van der Waals surface area contributed by atoms with Gasteiger partial charge in [-0.2, -0.15) is 0 Å². The fourth-order valence-electron chi connectivity index (χ4n) is 3.11. The van der Waals surface area contributed by atoms with E-state index in [1.54, 1.807) is 6.07 Å². The molecule has 1 atom stereocenters. The van der Waals surface area contributed by atoms with Crippen LogP contribution in [0.5, 0.6) is 0 Å². The lowest BCUT2D eigenvalue weighted by Crippen LogP contribution is -2.48. The third kappa shape index (κ3) is 4.25. The predicted molar refractivity (Wildman–Crippen MR) is 84.8 cm³/mol. The van der Waals surface area contributed by atoms with Gasteiger partial charge in [-0.3, -0.25) is 9.80 Å². The van der Waals surface area contributed by atoms with Crippen molar-refractivity contribution in [2.24, 2.45) is 0 Å². The minimum Gasteiger partial charge on any atom is -0.377 e. The van der Waals surface area contributed by atoms with Gasteiger partial charge < -0.3 is 4.74 Å². The molecule has 1 aromatic carbocycles. The number of piperazine rings is 1. The second-order valence-corrected chi connectivity index (χ2v) is 6.86. The molecule has 2 aliphatic rings. The molecule has 0 aromatic heterocycles. The zero-order valence-electron chi connectivity index (χ0n) is 12.2. The van der Waals surface area contributed by atoms with Crippen LogP contribution >= 0.6 is 15.9 Å². The first-order valence-electron chi connectivity index (χ1n) is 7.71. The Kier molecular flexibility index (Phi) is 5.27. The Hall–Kier alpha value is -0.490. The first-order valence-corrected chi connectivity index (χ1v) is 8.50. The third-order valence-corrected chi connectivity index (χ3v) is 4.85. The molecule has 0 N–H and O–H groups in total. The molecule has 0 amide bonds. The van der Waals surface area contributed by atoms with E-state index in [0.29, 0.717) is 12.6 Å². The van der Waals surface area contributed by atoms with E-state index in [-0.39, 0.29) is 5.82 Å². The molecule has 21 heavy (non-hydrogen) atoms. The molecule has 0 saturated carbocycles. The highest BCUT2D eigenvalue weighted by atomic mass is 79.9. The van der Waals surface area contributed by atoms with Gasteiger partial charge in [0.1, 0.15) is 5.82 Å². The summed E-state index contributed by atoms with van der Waals surface area (Å²) in [5.74, 6) is -0.111. The van der Waals surface area contributed by atoms with E-state index in [4.69, 9.17) is 4.74 Å². The van der Waals surface area contributed by atoms with Gasteiger partial charge in [0.25, 0.3) is 0 Å². The minimum absolute atomic E-state index is 0.111. The molecule has 0 aliphatic carbocycles. The summed E-state index contributed by atoms with van der Waals surface area (Å²) in [6.45, 7) is 6.77. The van der Waals surface area contributed by atoms with Gasteiger partial charge in [-0.25, -0.2) is 4.39 Å². The van der Waals surface area contributed by atoms with Crippen LogP contribution in [0.2, 0.25) is 0 Å². The van der Waals surface area contributed by atoms with Crippen molar-refractivity contribution >= 4 is 15.9 Å². The van der Waals surface area contributed by atoms with E-state index in [9.17, 15) is 4.39 Å². The van der Waals surface area contributed by atoms with Crippen LogP contribution < -0.4 is 0 Å². The van der Waals surface area contributed by atoms with Crippen LogP contribution in [0.25, 0.3) is 0 Å². The zero-order valence-corrected chi connectivity index (χ0v) is 13.8. The normalized spacial score (nSPS) is 24.6. The molecule has 2 fully saturated rings. The average Bonchev–Trinajstić information content (AvgIpc) is 2.98. The Morgan fingerprint density at radius 2 is 1.95 bits per heavy atom. The lowest BCUT2D eigenvalue weighted by molar-refractivity contribution is 0.0487. The molecule has 1 aromatic rings. The topological polar surface area (TPSA) is 15.7 Å². The number of rotatable bonds is 4. The monoisotopic (exact) mass is 356 g/mol. The number of benzene rings is 1. The lowest BCUT2D eigenvalue weighted by Gasteiger charge is -2.35. The summed E-state index contributed by atoms with van der Waals surface area (Å²) in [7, 11) is 0. The summed E-state index contributed by atoms with van der Waals surface area (Å²) < 4.78 is 20.4. The maximum atomic E-state index is 13.8. The minimum atomic E-state index is -0.111. The van der Waals surface area contributed by atoms with E-state index in [0.717, 1.165) is 49.4 Å². The van der Waals surface area contributed by atoms with Crippen LogP contribution in [-0.2, 0) is 11.3 Å². The lowest BCUT2D eigenvalue weighted by atomic mass is 10.1. The first-order chi connectivity index (χ1) is 10.2. The first kappa shape index (κ1) is 15.4. The standard InChI is InChI=1S/C16H22BrFN2O/c17-14-3-4-16(18)13(10-14)11-19-5-7-20(8-6-19)12-15-2-1-9-21-15/h3-4,10,15H,1-2,5-9,11-12H2. The van der Waals surface area contributed by atoms with Crippen molar-refractivity contribution in [2.45, 2.75) is 25.5 Å². The van der Waals surface area contributed by atoms with Crippen LogP contribution in [0, 0.1) is 5.82 Å². The summed E-state index contributed by atoms with van der Waals surface area (Å²) in [5.41, 5.74) is 0.775. The van der Waals surface area contributed by atoms with Gasteiger partial charge in [0.05, 0.1) is 6.10 Å². The van der Waals surface area contributed by atoms with Gasteiger partial charge in [0.15, 0.2) is 0 Å². The van der Waals surface area contributed by atoms with Crippen molar-refractivity contribution < 1.29 is 9.13 Å². The summed E-state index contributed by atoms with van der Waals surface area (Å²) >= 11 is 3.41. The van der Waals surface area contributed by atoms with E-state index in [1.165, 1.54) is 18.9 Å². The van der Waals surface area contributed by atoms with Crippen molar-refractivity contribution in [1.29, 1.82) is 0 Å². The van der Waals surface area contributed by atoms with Crippen molar-refractivity contribution in [3.05, 3.63) is 34.1 Å². The van der Waals surface area contributed by atoms with E-state index < -0.39 is 0 Å². The average molecular weight is 357 g/mol. The van der Waals surface area contributed by atoms with E-state index in [1.807, 2.05) is 6.07 Å². The summed E-state index contributed by atoms with van der Waals surface area (Å²) in [6, 6.07) is 5.17. The molecule has 2 heterocycles. The Morgan fingerprint density at radius 1 is 1.19 bits per heavy atom. The Labute approximate surface area is 134 Å². The maximum Gasteiger partial charge on any atom is 0.127 e. The quantitative estimate of drug-likeness (QED) is 0.824. The van der Waals surface area contributed by atoms with Crippen molar-refractivity contribution in [1.82, 2.24) is 9.80 Å². The molecule has 116 valence electrons. The van der Waals surface area contributed by atoms with Crippen molar-refractivity contribution in [3.63, 3.8) is 0 Å². The van der Waals surface area contributed by atoms with Crippen LogP contribution in [0.1, 0.15) is 18.4 Å². The largest absolute Gasteiger partial charge is 0.377 e. The maximum absolute atomic E-state index is 13.8. The molecule has 2 aliphatic heterocycles. The number of hydrogen-bond acceptors (Lipinski definition) is 3. The van der Waals surface area contributed by atoms with Crippen molar-refractivity contribution in [2.75, 3.05) is 39.3 Å². The number of halogens is 2. The highest BCUT2D eigenvalue weighted by molar-refractivity contribution is 9.10. The van der Waals surface area contributed by atoms with E-state index >= 15 is 0 Å². The smallest absolute Gasteiger partial charge is 0.127 e. The molecular formula is C16H22BrFN2O. The number of hydrogen-bond donors (Lipinski definition) is 0. The fourth-order valence-corrected chi connectivity index (χ4v) is 3.52. The number of ether oxygens (including phenoxy) is 1. The Bertz CT molecular complexity index is 471. The van der Waals surface area contributed by atoms with Gasteiger partial charge in [-0.05, 0) is 31.0 Å². The fraction of sp³-hybridized carbons (Fsp3) is 0.625. The second-order valence-electron chi connectivity index (χ2n) is 5.95. The molecule has 5 heteroatoms. The Morgan fingerprint density at radius 3 is 2.67 bits per heavy atom.